The van der Waals surface area contributed by atoms with Crippen LogP contribution in [0.5, 0.6) is 0 Å². The number of nitrogens with zero attached hydrogens (tertiary/aromatic N) is 4. The van der Waals surface area contributed by atoms with Crippen molar-refractivity contribution < 1.29 is 36.0 Å². The van der Waals surface area contributed by atoms with Gasteiger partial charge in [0.25, 0.3) is 0 Å². The summed E-state index contributed by atoms with van der Waals surface area (Å²) < 4.78 is 0. The van der Waals surface area contributed by atoms with Crippen molar-refractivity contribution in [1.82, 2.24) is 19.9 Å². The van der Waals surface area contributed by atoms with E-state index in [-0.39, 0.29) is 107 Å². The van der Waals surface area contributed by atoms with Crippen molar-refractivity contribution in [3.63, 3.8) is 0 Å². The number of hydrogen-bond donors (Lipinski definition) is 4. The maximum atomic E-state index is 14.6. The van der Waals surface area contributed by atoms with Crippen molar-refractivity contribution in [2.24, 2.45) is 45.3 Å². The molecule has 0 saturated heterocycles. The molecule has 0 spiro atoms. The molecule has 505 valence electrons. The summed E-state index contributed by atoms with van der Waals surface area (Å²) in [5, 5.41) is 13.6. The zero-order valence-electron chi connectivity index (χ0n) is 60.4. The van der Waals surface area contributed by atoms with E-state index < -0.39 is 0 Å². The normalized spacial score (nSPS) is 19.9. The number of benzene rings is 4. The van der Waals surface area contributed by atoms with Gasteiger partial charge in [0, 0.05) is 34.8 Å². The third kappa shape index (κ3) is 13.4. The van der Waals surface area contributed by atoms with Crippen LogP contribution in [-0.4, -0.2) is 33.6 Å². The quantitative estimate of drug-likeness (QED) is 0.0936. The van der Waals surface area contributed by atoms with Gasteiger partial charge in [0.15, 0.2) is 0 Å². The van der Waals surface area contributed by atoms with Gasteiger partial charge in [-0.2, -0.15) is 0 Å². The minimum atomic E-state index is -0.257. The van der Waals surface area contributed by atoms with Gasteiger partial charge in [-0.3, -0.25) is 19.2 Å². The summed E-state index contributed by atoms with van der Waals surface area (Å²) in [5.74, 6) is -1.16. The van der Waals surface area contributed by atoms with Gasteiger partial charge in [0.05, 0.1) is 45.5 Å². The van der Waals surface area contributed by atoms with E-state index in [0.29, 0.717) is 89.8 Å². The van der Waals surface area contributed by atoms with Crippen LogP contribution in [0, 0.1) is 45.3 Å². The van der Waals surface area contributed by atoms with E-state index in [4.69, 9.17) is 19.9 Å². The topological polar surface area (TPSA) is 170 Å². The second kappa shape index (κ2) is 23.5. The van der Waals surface area contributed by atoms with Crippen LogP contribution >= 0.6 is 0 Å². The van der Waals surface area contributed by atoms with E-state index in [9.17, 15) is 19.2 Å². The van der Waals surface area contributed by atoms with Crippen LogP contribution in [0.2, 0.25) is 0 Å². The molecule has 97 heavy (non-hydrogen) atoms. The predicted molar refractivity (Wildman–Crippen MR) is 395 cm³/mol. The van der Waals surface area contributed by atoms with Crippen molar-refractivity contribution in [3.05, 3.63) is 142 Å². The first-order valence-electron chi connectivity index (χ1n) is 34.6. The van der Waals surface area contributed by atoms with Gasteiger partial charge in [-0.25, -0.2) is 9.97 Å². The Balaban J connectivity index is 0.00000897. The van der Waals surface area contributed by atoms with Gasteiger partial charge in [-0.1, -0.05) is 211 Å². The Morgan fingerprint density at radius 2 is 0.567 bits per heavy atom. The molecule has 12 nitrogen and oxygen atoms in total. The summed E-state index contributed by atoms with van der Waals surface area (Å²) in [6, 6.07) is 33.3. The molecular formula is C84H96CoN8O4. The molecule has 4 amide bonds. The molecule has 4 fully saturated rings. The Morgan fingerprint density at radius 1 is 0.351 bits per heavy atom. The van der Waals surface area contributed by atoms with E-state index in [1.54, 1.807) is 0 Å². The van der Waals surface area contributed by atoms with Crippen LogP contribution in [-0.2, 0) is 57.6 Å². The van der Waals surface area contributed by atoms with Gasteiger partial charge < -0.3 is 31.2 Å². The number of anilines is 4. The molecule has 2 aliphatic heterocycles. The Labute approximate surface area is 584 Å². The molecular weight excluding hydrogens is 1240 g/mol. The summed E-state index contributed by atoms with van der Waals surface area (Å²) in [5.41, 5.74) is 15.6. The van der Waals surface area contributed by atoms with Crippen molar-refractivity contribution in [2.75, 3.05) is 21.3 Å². The summed E-state index contributed by atoms with van der Waals surface area (Å²) in [7, 11) is 0. The van der Waals surface area contributed by atoms with E-state index in [2.05, 4.69) is 220 Å². The number of hydrogen-bond acceptors (Lipinski definition) is 6. The van der Waals surface area contributed by atoms with E-state index in [1.165, 1.54) is 0 Å². The fourth-order valence-corrected chi connectivity index (χ4v) is 14.1. The van der Waals surface area contributed by atoms with Crippen molar-refractivity contribution in [1.29, 1.82) is 0 Å². The number of fused-ring (bicyclic) bond motifs is 8. The molecule has 4 N–H and O–H groups in total. The van der Waals surface area contributed by atoms with Crippen LogP contribution in [0.3, 0.4) is 0 Å². The SMILES string of the molecule is CC(C)(C)c1cc(-c2c3nc(c(-c4c(NC(=O)C5CC5(C)C)cccc4NC(=O)C4CC4(C)C)c4ccc([n-]4)c(-c4cc(C(C)(C)C)cc(C(C)(C)C)c4)c4nc(c(-c5c(NC(=O)C6CC6(C)C)cccc5NC(=O)C5CC5(C)C)c5ccc2[n-]5)C=C4)C=C3)cc(C(C)(C)C)c1.[Co+2]. The average molecular weight is 1340 g/mol. The first kappa shape index (κ1) is 68.8. The fraction of sp³-hybridized carbons (Fsp3) is 0.429. The van der Waals surface area contributed by atoms with Crippen LogP contribution < -0.4 is 31.2 Å². The Morgan fingerprint density at radius 3 is 0.784 bits per heavy atom. The fourth-order valence-electron chi connectivity index (χ4n) is 14.1. The van der Waals surface area contributed by atoms with Gasteiger partial charge in [0.2, 0.25) is 23.6 Å². The first-order chi connectivity index (χ1) is 44.7. The summed E-state index contributed by atoms with van der Waals surface area (Å²) in [6.45, 7) is 43.8. The minimum absolute atomic E-state index is 0. The maximum absolute atomic E-state index is 14.6. The molecule has 4 aromatic carbocycles. The van der Waals surface area contributed by atoms with Gasteiger partial charge in [-0.05, 0) is 173 Å². The largest absolute Gasteiger partial charge is 2.00 e. The second-order valence-electron chi connectivity index (χ2n) is 35.4. The molecule has 5 heterocycles. The number of nitrogens with one attached hydrogen (secondary N) is 4. The summed E-state index contributed by atoms with van der Waals surface area (Å²) >= 11 is 0. The van der Waals surface area contributed by atoms with E-state index in [0.717, 1.165) is 70.2 Å². The van der Waals surface area contributed by atoms with Crippen molar-refractivity contribution >= 4 is 92.7 Å². The van der Waals surface area contributed by atoms with Gasteiger partial charge >= 0.3 is 16.8 Å². The third-order valence-electron chi connectivity index (χ3n) is 21.5. The zero-order valence-corrected chi connectivity index (χ0v) is 61.5. The smallest absolute Gasteiger partial charge is 0.657 e. The summed E-state index contributed by atoms with van der Waals surface area (Å²) in [6.07, 6.45) is 11.2. The molecule has 4 unspecified atom stereocenters. The van der Waals surface area contributed by atoms with E-state index >= 15 is 0 Å². The molecule has 8 bridgehead atoms. The molecule has 1 radical (unpaired) electrons. The Bertz CT molecular complexity index is 4240. The molecule has 6 aliphatic rings. The second-order valence-corrected chi connectivity index (χ2v) is 35.4. The molecule has 4 aliphatic carbocycles. The third-order valence-corrected chi connectivity index (χ3v) is 21.5. The zero-order chi connectivity index (χ0) is 69.1. The number of rotatable bonds is 12. The maximum Gasteiger partial charge on any atom is 2.00 e. The molecule has 3 aromatic heterocycles. The van der Waals surface area contributed by atoms with Gasteiger partial charge in [0.1, 0.15) is 0 Å². The molecule has 4 atom stereocenters. The van der Waals surface area contributed by atoms with Crippen molar-refractivity contribution in [3.8, 4) is 44.5 Å². The van der Waals surface area contributed by atoms with Crippen LogP contribution in [0.1, 0.15) is 209 Å². The molecule has 13 rings (SSSR count). The Kier molecular flexibility index (Phi) is 16.7. The van der Waals surface area contributed by atoms with Crippen LogP contribution in [0.4, 0.5) is 22.7 Å². The summed E-state index contributed by atoms with van der Waals surface area (Å²) in [4.78, 5) is 81.6. The first-order valence-corrected chi connectivity index (χ1v) is 34.6. The van der Waals surface area contributed by atoms with Crippen LogP contribution in [0.15, 0.2) is 97.1 Å². The number of amides is 4. The Hall–Kier alpha value is -8.13. The minimum Gasteiger partial charge on any atom is -0.657 e. The standard InChI is InChI=1S/C84H98N8O4.Co/c1-77(2,3)47-35-45(36-48(39-47)78(4,5)6)67-59-27-31-63(85-59)71(69-55(89-73(93)51-41-81(51,13)14)23-21-24-56(69)90-74(94)52-42-82(52,15)16)65-33-29-61(87-65)68(46-37-49(79(7,8)9)40-50(38-46)80(10,11)12)62-30-34-66(88-62)72(64-32-28-60(67)86-64)70-57(91-75(95)53-43-83(53,17)18)25-22-26-58(70)92-76(96)54-44-84(54,19)20;/h21-40,51-54H,41-44H2,1-20H3,(H6,85,86,87,88,89,90,91,92,93,94,95,96);/q;+2/p-2. The number of aromatic nitrogens is 4. The molecule has 4 saturated carbocycles. The number of carbonyl (C=O) groups is 4. The monoisotopic (exact) mass is 1340 g/mol. The molecule has 7 aromatic rings. The number of carbonyl (C=O) groups excluding carboxylic acids is 4. The average Bonchev–Trinajstić information content (AvgIpc) is 1.66. The van der Waals surface area contributed by atoms with Gasteiger partial charge in [-0.15, -0.1) is 22.1 Å². The molecule has 13 heteroatoms. The van der Waals surface area contributed by atoms with E-state index in [1.807, 2.05) is 60.7 Å². The van der Waals surface area contributed by atoms with Crippen LogP contribution in [0.25, 0.3) is 90.9 Å². The predicted octanol–water partition coefficient (Wildman–Crippen LogP) is 19.7. The van der Waals surface area contributed by atoms with Crippen molar-refractivity contribution in [2.45, 2.75) is 186 Å².